The molecule has 4 heteroatoms. The van der Waals surface area contributed by atoms with E-state index in [9.17, 15) is 4.79 Å². The number of carbonyl (C=O) groups is 1. The Morgan fingerprint density at radius 2 is 1.95 bits per heavy atom. The predicted octanol–water partition coefficient (Wildman–Crippen LogP) is 3.60. The van der Waals surface area contributed by atoms with E-state index in [-0.39, 0.29) is 6.09 Å². The predicted molar refractivity (Wildman–Crippen MR) is 85.4 cm³/mol. The second-order valence-corrected chi connectivity index (χ2v) is 7.85. The molecule has 1 unspecified atom stereocenters. The van der Waals surface area contributed by atoms with Gasteiger partial charge in [0.15, 0.2) is 0 Å². The third kappa shape index (κ3) is 4.87. The number of nitrogens with one attached hydrogen (secondary N) is 2. The summed E-state index contributed by atoms with van der Waals surface area (Å²) in [5.74, 6) is 0. The van der Waals surface area contributed by atoms with Gasteiger partial charge < -0.3 is 15.4 Å². The van der Waals surface area contributed by atoms with Gasteiger partial charge in [-0.2, -0.15) is 0 Å². The summed E-state index contributed by atoms with van der Waals surface area (Å²) in [6.07, 6.45) is 8.36. The zero-order valence-corrected chi connectivity index (χ0v) is 14.1. The van der Waals surface area contributed by atoms with E-state index in [4.69, 9.17) is 4.74 Å². The Labute approximate surface area is 129 Å². The highest BCUT2D eigenvalue weighted by molar-refractivity contribution is 5.68. The van der Waals surface area contributed by atoms with Gasteiger partial charge in [-0.1, -0.05) is 13.3 Å². The average Bonchev–Trinajstić information content (AvgIpc) is 3.02. The molecule has 1 atom stereocenters. The van der Waals surface area contributed by atoms with E-state index in [0.29, 0.717) is 17.5 Å². The standard InChI is InChI=1S/C17H32N2O2/c1-5-6-11-18-13-7-9-17(10-8-13)12-14(17)19-15(20)21-16(2,3)4/h13-14,18H,5-12H2,1-4H3,(H,19,20). The van der Waals surface area contributed by atoms with Crippen molar-refractivity contribution in [1.29, 1.82) is 0 Å². The van der Waals surface area contributed by atoms with Crippen molar-refractivity contribution in [3.8, 4) is 0 Å². The number of amides is 1. The van der Waals surface area contributed by atoms with Crippen LogP contribution in [0.3, 0.4) is 0 Å². The Kier molecular flexibility index (Phi) is 5.18. The number of ether oxygens (including phenoxy) is 1. The first-order chi connectivity index (χ1) is 9.85. The van der Waals surface area contributed by atoms with E-state index in [1.165, 1.54) is 38.5 Å². The quantitative estimate of drug-likeness (QED) is 0.762. The van der Waals surface area contributed by atoms with Crippen molar-refractivity contribution in [3.05, 3.63) is 0 Å². The first-order valence-corrected chi connectivity index (χ1v) is 8.57. The molecule has 0 aliphatic heterocycles. The molecule has 4 nitrogen and oxygen atoms in total. The van der Waals surface area contributed by atoms with E-state index < -0.39 is 5.60 Å². The number of hydrogen-bond acceptors (Lipinski definition) is 3. The van der Waals surface area contributed by atoms with Crippen LogP contribution in [0.1, 0.15) is 72.6 Å². The summed E-state index contributed by atoms with van der Waals surface area (Å²) in [6, 6.07) is 1.02. The number of alkyl carbamates (subject to hydrolysis) is 1. The molecule has 1 amide bonds. The second kappa shape index (κ2) is 6.55. The van der Waals surface area contributed by atoms with Gasteiger partial charge in [-0.3, -0.25) is 0 Å². The second-order valence-electron chi connectivity index (χ2n) is 7.85. The zero-order chi connectivity index (χ0) is 15.5. The fraction of sp³-hybridized carbons (Fsp3) is 0.941. The molecule has 2 N–H and O–H groups in total. The van der Waals surface area contributed by atoms with Crippen molar-refractivity contribution in [3.63, 3.8) is 0 Å². The van der Waals surface area contributed by atoms with Gasteiger partial charge >= 0.3 is 6.09 Å². The van der Waals surface area contributed by atoms with Gasteiger partial charge in [0, 0.05) is 12.1 Å². The summed E-state index contributed by atoms with van der Waals surface area (Å²) in [7, 11) is 0. The smallest absolute Gasteiger partial charge is 0.407 e. The van der Waals surface area contributed by atoms with Crippen LogP contribution in [0, 0.1) is 5.41 Å². The van der Waals surface area contributed by atoms with Crippen LogP contribution < -0.4 is 10.6 Å². The first-order valence-electron chi connectivity index (χ1n) is 8.57. The molecule has 2 rings (SSSR count). The molecule has 0 aromatic heterocycles. The summed E-state index contributed by atoms with van der Waals surface area (Å²) in [4.78, 5) is 11.8. The molecule has 2 aliphatic carbocycles. The van der Waals surface area contributed by atoms with Crippen molar-refractivity contribution in [2.45, 2.75) is 90.3 Å². The summed E-state index contributed by atoms with van der Waals surface area (Å²) in [5, 5.41) is 6.72. The fourth-order valence-corrected chi connectivity index (χ4v) is 3.43. The van der Waals surface area contributed by atoms with Crippen molar-refractivity contribution in [1.82, 2.24) is 10.6 Å². The third-order valence-corrected chi connectivity index (χ3v) is 4.83. The highest BCUT2D eigenvalue weighted by Crippen LogP contribution is 2.56. The van der Waals surface area contributed by atoms with E-state index >= 15 is 0 Å². The van der Waals surface area contributed by atoms with Crippen LogP contribution in [0.25, 0.3) is 0 Å². The van der Waals surface area contributed by atoms with Gasteiger partial charge in [-0.05, 0) is 71.3 Å². The van der Waals surface area contributed by atoms with Crippen LogP contribution in [-0.2, 0) is 4.74 Å². The van der Waals surface area contributed by atoms with Crippen LogP contribution in [0.4, 0.5) is 4.79 Å². The lowest BCUT2D eigenvalue weighted by Crippen LogP contribution is -2.39. The first kappa shape index (κ1) is 16.6. The normalized spacial score (nSPS) is 32.0. The maximum Gasteiger partial charge on any atom is 0.407 e. The van der Waals surface area contributed by atoms with Gasteiger partial charge in [-0.25, -0.2) is 4.79 Å². The summed E-state index contributed by atoms with van der Waals surface area (Å²) in [5.41, 5.74) is -0.0349. The van der Waals surface area contributed by atoms with Crippen LogP contribution in [-0.4, -0.2) is 30.3 Å². The molecule has 2 fully saturated rings. The molecular weight excluding hydrogens is 264 g/mol. The molecule has 0 saturated heterocycles. The highest BCUT2D eigenvalue weighted by atomic mass is 16.6. The minimum absolute atomic E-state index is 0.257. The minimum Gasteiger partial charge on any atom is -0.444 e. The Bertz CT molecular complexity index is 354. The summed E-state index contributed by atoms with van der Waals surface area (Å²) in [6.45, 7) is 9.09. The Morgan fingerprint density at radius 1 is 1.29 bits per heavy atom. The average molecular weight is 296 g/mol. The number of carbonyl (C=O) groups excluding carboxylic acids is 1. The number of rotatable bonds is 5. The summed E-state index contributed by atoms with van der Waals surface area (Å²) < 4.78 is 5.35. The Morgan fingerprint density at radius 3 is 2.52 bits per heavy atom. The molecule has 0 heterocycles. The minimum atomic E-state index is -0.410. The van der Waals surface area contributed by atoms with Crippen molar-refractivity contribution in [2.24, 2.45) is 5.41 Å². The zero-order valence-electron chi connectivity index (χ0n) is 14.1. The number of unbranched alkanes of at least 4 members (excludes halogenated alkanes) is 1. The van der Waals surface area contributed by atoms with Crippen molar-refractivity contribution < 1.29 is 9.53 Å². The Hall–Kier alpha value is -0.770. The highest BCUT2D eigenvalue weighted by Gasteiger charge is 2.55. The topological polar surface area (TPSA) is 50.4 Å². The van der Waals surface area contributed by atoms with Crippen LogP contribution in [0.5, 0.6) is 0 Å². The van der Waals surface area contributed by atoms with E-state index in [1.807, 2.05) is 20.8 Å². The van der Waals surface area contributed by atoms with Gasteiger partial charge in [0.25, 0.3) is 0 Å². The number of hydrogen-bond donors (Lipinski definition) is 2. The summed E-state index contributed by atoms with van der Waals surface area (Å²) >= 11 is 0. The molecule has 122 valence electrons. The Balaban J connectivity index is 1.68. The molecule has 0 radical (unpaired) electrons. The molecule has 0 bridgehead atoms. The largest absolute Gasteiger partial charge is 0.444 e. The molecule has 2 aliphatic rings. The van der Waals surface area contributed by atoms with Gasteiger partial charge in [0.05, 0.1) is 0 Å². The molecule has 1 spiro atoms. The maximum atomic E-state index is 11.8. The van der Waals surface area contributed by atoms with Crippen molar-refractivity contribution >= 4 is 6.09 Å². The lowest BCUT2D eigenvalue weighted by atomic mass is 9.82. The van der Waals surface area contributed by atoms with Crippen LogP contribution in [0.15, 0.2) is 0 Å². The molecule has 21 heavy (non-hydrogen) atoms. The lowest BCUT2D eigenvalue weighted by molar-refractivity contribution is 0.0512. The van der Waals surface area contributed by atoms with E-state index in [2.05, 4.69) is 17.6 Å². The monoisotopic (exact) mass is 296 g/mol. The maximum absolute atomic E-state index is 11.8. The molecule has 2 saturated carbocycles. The van der Waals surface area contributed by atoms with E-state index in [1.54, 1.807) is 0 Å². The SMILES string of the molecule is CCCCNC1CCC2(CC1)CC2NC(=O)OC(C)(C)C. The van der Waals surface area contributed by atoms with E-state index in [0.717, 1.165) is 13.0 Å². The third-order valence-electron chi connectivity index (χ3n) is 4.83. The van der Waals surface area contributed by atoms with Crippen LogP contribution in [0.2, 0.25) is 0 Å². The fourth-order valence-electron chi connectivity index (χ4n) is 3.43. The molecular formula is C17H32N2O2. The van der Waals surface area contributed by atoms with Crippen LogP contribution >= 0.6 is 0 Å². The molecule has 0 aromatic carbocycles. The lowest BCUT2D eigenvalue weighted by Gasteiger charge is -2.30. The van der Waals surface area contributed by atoms with Gasteiger partial charge in [-0.15, -0.1) is 0 Å². The molecule has 0 aromatic rings. The van der Waals surface area contributed by atoms with Crippen molar-refractivity contribution in [2.75, 3.05) is 6.54 Å². The van der Waals surface area contributed by atoms with Gasteiger partial charge in [0.2, 0.25) is 0 Å². The van der Waals surface area contributed by atoms with Gasteiger partial charge in [0.1, 0.15) is 5.60 Å².